The second-order valence-corrected chi connectivity index (χ2v) is 3.16. The van der Waals surface area contributed by atoms with E-state index in [1.165, 1.54) is 0 Å². The van der Waals surface area contributed by atoms with Crippen molar-refractivity contribution in [2.45, 2.75) is 6.92 Å². The zero-order valence-corrected chi connectivity index (χ0v) is 8.52. The van der Waals surface area contributed by atoms with Gasteiger partial charge < -0.3 is 15.0 Å². The molecule has 78 valence electrons. The summed E-state index contributed by atoms with van der Waals surface area (Å²) in [5, 5.41) is 3.53. The Kier molecular flexibility index (Phi) is 2.29. The van der Waals surface area contributed by atoms with Crippen LogP contribution >= 0.6 is 0 Å². The summed E-state index contributed by atoms with van der Waals surface area (Å²) in [5.74, 6) is 1.17. The number of nitrogens with zero attached hydrogens (tertiary/aromatic N) is 2. The molecule has 0 bridgehead atoms. The van der Waals surface area contributed by atoms with Crippen molar-refractivity contribution in [3.05, 3.63) is 23.8 Å². The van der Waals surface area contributed by atoms with Crippen LogP contribution in [0.1, 0.15) is 5.56 Å². The second kappa shape index (κ2) is 3.61. The lowest BCUT2D eigenvalue weighted by molar-refractivity contribution is 0.405. The molecule has 1 aromatic carbocycles. The molecule has 5 nitrogen and oxygen atoms in total. The van der Waals surface area contributed by atoms with E-state index in [0.29, 0.717) is 11.6 Å². The smallest absolute Gasteiger partial charge is 0.263 e. The maximum atomic E-state index is 5.39. The number of nitrogens with two attached hydrogens (primary N) is 1. The Balaban J connectivity index is 2.55. The molecule has 0 aliphatic heterocycles. The van der Waals surface area contributed by atoms with Crippen molar-refractivity contribution in [2.24, 2.45) is 0 Å². The Morgan fingerprint density at radius 1 is 1.40 bits per heavy atom. The third-order valence-electron chi connectivity index (χ3n) is 2.03. The number of benzene rings is 1. The first-order valence-corrected chi connectivity index (χ1v) is 4.45. The first-order chi connectivity index (χ1) is 7.20. The Hall–Kier alpha value is -2.04. The van der Waals surface area contributed by atoms with Gasteiger partial charge in [-0.05, 0) is 24.2 Å². The van der Waals surface area contributed by atoms with Crippen LogP contribution in [0.15, 0.2) is 22.7 Å². The number of ether oxygens (including phenoxy) is 1. The minimum atomic E-state index is 0.119. The molecule has 15 heavy (non-hydrogen) atoms. The van der Waals surface area contributed by atoms with E-state index in [9.17, 15) is 0 Å². The zero-order valence-electron chi connectivity index (χ0n) is 8.52. The summed E-state index contributed by atoms with van der Waals surface area (Å²) >= 11 is 0. The molecule has 0 unspecified atom stereocenters. The number of anilines is 1. The predicted molar refractivity (Wildman–Crippen MR) is 55.4 cm³/mol. The maximum Gasteiger partial charge on any atom is 0.263 e. The molecule has 0 aliphatic rings. The van der Waals surface area contributed by atoms with E-state index in [1.54, 1.807) is 7.11 Å². The fourth-order valence-electron chi connectivity index (χ4n) is 1.33. The van der Waals surface area contributed by atoms with E-state index < -0.39 is 0 Å². The topological polar surface area (TPSA) is 74.2 Å². The summed E-state index contributed by atoms with van der Waals surface area (Å²) in [7, 11) is 1.59. The summed E-state index contributed by atoms with van der Waals surface area (Å²) in [6, 6.07) is 5.71. The van der Waals surface area contributed by atoms with Crippen molar-refractivity contribution < 1.29 is 9.26 Å². The van der Waals surface area contributed by atoms with Crippen LogP contribution < -0.4 is 10.5 Å². The average Bonchev–Trinajstić information content (AvgIpc) is 2.65. The molecule has 0 amide bonds. The first kappa shape index (κ1) is 9.51. The molecule has 0 aliphatic carbocycles. The van der Waals surface area contributed by atoms with Crippen LogP contribution in [0, 0.1) is 6.92 Å². The van der Waals surface area contributed by atoms with Gasteiger partial charge in [-0.15, -0.1) is 0 Å². The van der Waals surface area contributed by atoms with Crippen LogP contribution in [0.4, 0.5) is 5.95 Å². The van der Waals surface area contributed by atoms with Crippen molar-refractivity contribution in [2.75, 3.05) is 12.8 Å². The van der Waals surface area contributed by atoms with Gasteiger partial charge in [-0.2, -0.15) is 4.98 Å². The minimum Gasteiger partial charge on any atom is -0.496 e. The predicted octanol–water partition coefficient (Wildman–Crippen LogP) is 1.64. The van der Waals surface area contributed by atoms with E-state index >= 15 is 0 Å². The maximum absolute atomic E-state index is 5.39. The molecule has 0 saturated heterocycles. The lowest BCUT2D eigenvalue weighted by atomic mass is 10.1. The summed E-state index contributed by atoms with van der Waals surface area (Å²) in [6.45, 7) is 1.97. The number of aromatic nitrogens is 2. The van der Waals surface area contributed by atoms with Crippen LogP contribution in [0.3, 0.4) is 0 Å². The van der Waals surface area contributed by atoms with Crippen LogP contribution in [0.5, 0.6) is 5.75 Å². The molecule has 1 aromatic heterocycles. The van der Waals surface area contributed by atoms with Gasteiger partial charge in [0.2, 0.25) is 0 Å². The molecule has 0 radical (unpaired) electrons. The van der Waals surface area contributed by atoms with Gasteiger partial charge in [0.25, 0.3) is 11.8 Å². The molecule has 0 atom stereocenters. The molecule has 1 heterocycles. The third kappa shape index (κ3) is 1.76. The minimum absolute atomic E-state index is 0.119. The summed E-state index contributed by atoms with van der Waals surface area (Å²) < 4.78 is 10.2. The normalized spacial score (nSPS) is 10.3. The van der Waals surface area contributed by atoms with Crippen LogP contribution in [0.25, 0.3) is 11.5 Å². The van der Waals surface area contributed by atoms with Crippen molar-refractivity contribution >= 4 is 5.95 Å². The highest BCUT2D eigenvalue weighted by atomic mass is 16.5. The third-order valence-corrected chi connectivity index (χ3v) is 2.03. The number of methoxy groups -OCH3 is 1. The van der Waals surface area contributed by atoms with Gasteiger partial charge in [-0.25, -0.2) is 0 Å². The van der Waals surface area contributed by atoms with E-state index in [1.807, 2.05) is 25.1 Å². The molecule has 2 aromatic rings. The summed E-state index contributed by atoms with van der Waals surface area (Å²) in [5.41, 5.74) is 7.23. The molecular weight excluding hydrogens is 194 g/mol. The van der Waals surface area contributed by atoms with Crippen molar-refractivity contribution in [1.82, 2.24) is 10.1 Å². The molecule has 2 N–H and O–H groups in total. The van der Waals surface area contributed by atoms with Gasteiger partial charge >= 0.3 is 0 Å². The van der Waals surface area contributed by atoms with Gasteiger partial charge in [0.15, 0.2) is 0 Å². The van der Waals surface area contributed by atoms with Gasteiger partial charge in [0.05, 0.1) is 12.7 Å². The molecule has 0 spiro atoms. The van der Waals surface area contributed by atoms with E-state index in [2.05, 4.69) is 10.1 Å². The molecule has 0 fully saturated rings. The Labute approximate surface area is 86.9 Å². The molecular formula is C10H11N3O2. The summed E-state index contributed by atoms with van der Waals surface area (Å²) in [6.07, 6.45) is 0. The number of aryl methyl sites for hydroxylation is 1. The molecule has 0 saturated carbocycles. The zero-order chi connectivity index (χ0) is 10.8. The first-order valence-electron chi connectivity index (χ1n) is 4.45. The van der Waals surface area contributed by atoms with Gasteiger partial charge in [-0.3, -0.25) is 0 Å². The molecule has 5 heteroatoms. The van der Waals surface area contributed by atoms with Crippen LogP contribution in [-0.4, -0.2) is 17.3 Å². The van der Waals surface area contributed by atoms with Crippen molar-refractivity contribution in [3.8, 4) is 17.2 Å². The van der Waals surface area contributed by atoms with Crippen LogP contribution in [0.2, 0.25) is 0 Å². The number of hydrogen-bond donors (Lipinski definition) is 1. The number of rotatable bonds is 2. The fourth-order valence-corrected chi connectivity index (χ4v) is 1.33. The van der Waals surface area contributed by atoms with Crippen molar-refractivity contribution in [1.29, 1.82) is 0 Å². The van der Waals surface area contributed by atoms with Gasteiger partial charge in [0.1, 0.15) is 5.75 Å². The van der Waals surface area contributed by atoms with E-state index in [0.717, 1.165) is 11.1 Å². The van der Waals surface area contributed by atoms with E-state index in [4.69, 9.17) is 15.0 Å². The lowest BCUT2D eigenvalue weighted by Gasteiger charge is -2.04. The quantitative estimate of drug-likeness (QED) is 0.806. The highest BCUT2D eigenvalue weighted by Crippen LogP contribution is 2.29. The standard InChI is InChI=1S/C10H11N3O2/c1-6-3-4-8(14-2)7(5-6)9-12-10(11)13-15-9/h3-5H,1-2H3,(H2,11,13). The van der Waals surface area contributed by atoms with Gasteiger partial charge in [0, 0.05) is 0 Å². The van der Waals surface area contributed by atoms with Gasteiger partial charge in [-0.1, -0.05) is 11.6 Å². The largest absolute Gasteiger partial charge is 0.496 e. The highest BCUT2D eigenvalue weighted by molar-refractivity contribution is 5.64. The Bertz CT molecular complexity index is 479. The summed E-state index contributed by atoms with van der Waals surface area (Å²) in [4.78, 5) is 3.95. The fraction of sp³-hybridized carbons (Fsp3) is 0.200. The highest BCUT2D eigenvalue weighted by Gasteiger charge is 2.12. The Morgan fingerprint density at radius 2 is 2.20 bits per heavy atom. The number of nitrogen functional groups attached to an aromatic ring is 1. The Morgan fingerprint density at radius 3 is 2.80 bits per heavy atom. The van der Waals surface area contributed by atoms with Crippen LogP contribution in [-0.2, 0) is 0 Å². The average molecular weight is 205 g/mol. The van der Waals surface area contributed by atoms with Crippen molar-refractivity contribution in [3.63, 3.8) is 0 Å². The number of hydrogen-bond acceptors (Lipinski definition) is 5. The monoisotopic (exact) mass is 205 g/mol. The lowest BCUT2D eigenvalue weighted by Crippen LogP contribution is -1.90. The second-order valence-electron chi connectivity index (χ2n) is 3.16. The SMILES string of the molecule is COc1ccc(C)cc1-c1nc(N)no1. The molecule has 2 rings (SSSR count). The van der Waals surface area contributed by atoms with E-state index in [-0.39, 0.29) is 5.95 Å².